The summed E-state index contributed by atoms with van der Waals surface area (Å²) in [5.41, 5.74) is 13.2. The summed E-state index contributed by atoms with van der Waals surface area (Å²) in [6.45, 7) is 0. The highest BCUT2D eigenvalue weighted by Gasteiger charge is 2.56. The van der Waals surface area contributed by atoms with E-state index < -0.39 is 44.6 Å². The molecule has 0 aliphatic carbocycles. The zero-order valence-electron chi connectivity index (χ0n) is 24.4. The molecule has 0 amide bonds. The second-order valence-electron chi connectivity index (χ2n) is 10.5. The summed E-state index contributed by atoms with van der Waals surface area (Å²) < 4.78 is 24.6. The van der Waals surface area contributed by atoms with Gasteiger partial charge in [-0.15, -0.1) is 0 Å². The zero-order chi connectivity index (χ0) is 31.7. The number of aliphatic hydroxyl groups is 2. The van der Waals surface area contributed by atoms with Crippen molar-refractivity contribution in [2.75, 3.05) is 20.0 Å². The van der Waals surface area contributed by atoms with E-state index in [1.807, 2.05) is 54.6 Å². The van der Waals surface area contributed by atoms with Gasteiger partial charge in [-0.2, -0.15) is 0 Å². The lowest BCUT2D eigenvalue weighted by molar-refractivity contribution is -0.0946. The van der Waals surface area contributed by atoms with Crippen LogP contribution >= 0.6 is 8.53 Å². The highest BCUT2D eigenvalue weighted by Crippen LogP contribution is 2.49. The molecule has 7 N–H and O–H groups in total. The number of hydrogen-bond donors (Lipinski definition) is 5. The highest BCUT2D eigenvalue weighted by atomic mass is 31.2. The first-order chi connectivity index (χ1) is 21.8. The average Bonchev–Trinajstić information content (AvgIpc) is 3.63. The van der Waals surface area contributed by atoms with Gasteiger partial charge in [-0.25, -0.2) is 15.0 Å². The normalized spacial score (nSPS) is 21.5. The number of imidazole rings is 1. The van der Waals surface area contributed by atoms with Gasteiger partial charge in [0.2, 0.25) is 0 Å². The molecular formula is C31H33N6O7P. The van der Waals surface area contributed by atoms with Crippen LogP contribution < -0.4 is 20.7 Å². The van der Waals surface area contributed by atoms with Gasteiger partial charge in [0, 0.05) is 0 Å². The van der Waals surface area contributed by atoms with Gasteiger partial charge in [-0.05, 0) is 41.0 Å². The molecule has 5 aromatic rings. The lowest BCUT2D eigenvalue weighted by Crippen LogP contribution is -2.53. The maximum Gasteiger partial charge on any atom is 0.250 e. The van der Waals surface area contributed by atoms with Crippen molar-refractivity contribution >= 4 is 25.5 Å². The van der Waals surface area contributed by atoms with E-state index in [4.69, 9.17) is 30.0 Å². The van der Waals surface area contributed by atoms with Crippen LogP contribution in [0, 0.1) is 0 Å². The van der Waals surface area contributed by atoms with Crippen molar-refractivity contribution in [2.24, 2.45) is 5.50 Å². The summed E-state index contributed by atoms with van der Waals surface area (Å²) in [5, 5.41) is 24.4. The van der Waals surface area contributed by atoms with Gasteiger partial charge in [-0.3, -0.25) is 10.1 Å². The Labute approximate surface area is 260 Å². The Bertz CT molecular complexity index is 1690. The molecule has 1 saturated heterocycles. The van der Waals surface area contributed by atoms with E-state index in [1.165, 1.54) is 17.2 Å². The molecule has 234 valence electrons. The number of nitrogen functional groups attached to an aromatic ring is 1. The van der Waals surface area contributed by atoms with Crippen molar-refractivity contribution in [3.63, 3.8) is 0 Å². The number of methoxy groups -OCH3 is 2. The molecule has 14 heteroatoms. The molecule has 0 bridgehead atoms. The van der Waals surface area contributed by atoms with E-state index >= 15 is 0 Å². The number of fused-ring (bicyclic) bond motifs is 1. The number of rotatable bonds is 10. The van der Waals surface area contributed by atoms with Crippen LogP contribution in [-0.2, 0) is 14.7 Å². The lowest BCUT2D eigenvalue weighted by Gasteiger charge is -2.43. The molecule has 6 rings (SSSR count). The van der Waals surface area contributed by atoms with Crippen LogP contribution in [0.4, 0.5) is 5.82 Å². The van der Waals surface area contributed by atoms with Gasteiger partial charge >= 0.3 is 0 Å². The van der Waals surface area contributed by atoms with Gasteiger partial charge < -0.3 is 39.6 Å². The third-order valence-corrected chi connectivity index (χ3v) is 8.67. The van der Waals surface area contributed by atoms with Crippen molar-refractivity contribution < 1.29 is 33.8 Å². The fourth-order valence-corrected chi connectivity index (χ4v) is 6.62. The lowest BCUT2D eigenvalue weighted by atomic mass is 9.64. The second-order valence-corrected chi connectivity index (χ2v) is 11.3. The Morgan fingerprint density at radius 2 is 1.47 bits per heavy atom. The average molecular weight is 633 g/mol. The van der Waals surface area contributed by atoms with E-state index in [9.17, 15) is 15.1 Å². The predicted octanol–water partition coefficient (Wildman–Crippen LogP) is 2.64. The van der Waals surface area contributed by atoms with Gasteiger partial charge in [0.1, 0.15) is 47.8 Å². The van der Waals surface area contributed by atoms with Crippen molar-refractivity contribution in [1.82, 2.24) is 19.5 Å². The quantitative estimate of drug-likeness (QED) is 0.112. The molecule has 45 heavy (non-hydrogen) atoms. The maximum absolute atomic E-state index is 12.8. The molecule has 1 aliphatic rings. The Kier molecular flexibility index (Phi) is 8.67. The standard InChI is InChI=1S/C31H33N6O7P/c1-41-21-12-8-19(9-13-21)31(18-6-4-3-5-7-18,20-10-14-22(42-2)15-11-20)27(39)26-25(44-45(33)40)24(38)30(43-26)37-17-36-23-28(32)34-16-35-29(23)37/h3-17,24-27,30,38-40H,33H2,1-2H3,(H2,32,34,35)/t24-,25+,26+,27?,30-,45?/m1/s1. The first-order valence-corrected chi connectivity index (χ1v) is 15.3. The van der Waals surface area contributed by atoms with E-state index in [0.29, 0.717) is 33.8 Å². The number of aromatic nitrogens is 4. The molecule has 1 fully saturated rings. The highest BCUT2D eigenvalue weighted by molar-refractivity contribution is 7.43. The minimum absolute atomic E-state index is 0.151. The molecule has 3 aromatic carbocycles. The molecule has 1 aliphatic heterocycles. The zero-order valence-corrected chi connectivity index (χ0v) is 25.3. The third-order valence-electron chi connectivity index (χ3n) is 8.21. The van der Waals surface area contributed by atoms with Crippen LogP contribution in [0.1, 0.15) is 22.9 Å². The van der Waals surface area contributed by atoms with Crippen molar-refractivity contribution in [2.45, 2.75) is 36.1 Å². The predicted molar refractivity (Wildman–Crippen MR) is 166 cm³/mol. The second kappa shape index (κ2) is 12.7. The van der Waals surface area contributed by atoms with Crippen LogP contribution in [0.3, 0.4) is 0 Å². The number of ether oxygens (including phenoxy) is 3. The Hall–Kier alpha value is -4.20. The fourth-order valence-electron chi connectivity index (χ4n) is 6.13. The van der Waals surface area contributed by atoms with Crippen LogP contribution in [0.25, 0.3) is 11.2 Å². The summed E-state index contributed by atoms with van der Waals surface area (Å²) >= 11 is 0. The molecule has 6 atom stereocenters. The molecule has 0 saturated carbocycles. The summed E-state index contributed by atoms with van der Waals surface area (Å²) in [6, 6.07) is 24.1. The van der Waals surface area contributed by atoms with E-state index in [2.05, 4.69) is 15.0 Å². The summed E-state index contributed by atoms with van der Waals surface area (Å²) in [7, 11) is 0.678. The summed E-state index contributed by atoms with van der Waals surface area (Å²) in [5.74, 6) is 1.40. The fraction of sp³-hybridized carbons (Fsp3) is 0.258. The van der Waals surface area contributed by atoms with Crippen molar-refractivity contribution in [3.8, 4) is 11.5 Å². The third kappa shape index (κ3) is 5.38. The monoisotopic (exact) mass is 632 g/mol. The largest absolute Gasteiger partial charge is 0.497 e. The number of anilines is 1. The van der Waals surface area contributed by atoms with Crippen molar-refractivity contribution in [1.29, 1.82) is 0 Å². The number of aliphatic hydroxyl groups excluding tert-OH is 2. The number of nitrogens with zero attached hydrogens (tertiary/aromatic N) is 4. The first-order valence-electron chi connectivity index (χ1n) is 14.0. The van der Waals surface area contributed by atoms with Gasteiger partial charge in [-0.1, -0.05) is 54.6 Å². The van der Waals surface area contributed by atoms with Crippen LogP contribution in [-0.4, -0.2) is 73.3 Å². The molecule has 0 spiro atoms. The Morgan fingerprint density at radius 3 is 2.02 bits per heavy atom. The SMILES string of the molecule is COc1ccc(C(c2ccccc2)(c2ccc(OC)cc2)C(O)[C@H]2O[C@@H](n3cnc4c(N)ncnc43)[C@H](O)[C@@H]2OP(N)O)cc1. The van der Waals surface area contributed by atoms with Crippen molar-refractivity contribution in [3.05, 3.63) is 108 Å². The van der Waals surface area contributed by atoms with Gasteiger partial charge in [0.15, 0.2) is 17.7 Å². The molecule has 0 radical (unpaired) electrons. The minimum atomic E-state index is -2.47. The molecule has 2 aromatic heterocycles. The Balaban J connectivity index is 1.55. The topological polar surface area (TPSA) is 193 Å². The summed E-state index contributed by atoms with van der Waals surface area (Å²) in [6.07, 6.45) is -3.83. The minimum Gasteiger partial charge on any atom is -0.497 e. The number of benzene rings is 3. The van der Waals surface area contributed by atoms with Crippen LogP contribution in [0.5, 0.6) is 11.5 Å². The van der Waals surface area contributed by atoms with Crippen LogP contribution in [0.15, 0.2) is 91.5 Å². The first kappa shape index (κ1) is 30.8. The van der Waals surface area contributed by atoms with Gasteiger partial charge in [0.05, 0.1) is 26.0 Å². The van der Waals surface area contributed by atoms with Gasteiger partial charge in [0.25, 0.3) is 8.53 Å². The molecular weight excluding hydrogens is 599 g/mol. The van der Waals surface area contributed by atoms with E-state index in [1.54, 1.807) is 38.5 Å². The van der Waals surface area contributed by atoms with E-state index in [-0.39, 0.29) is 5.82 Å². The molecule has 2 unspecified atom stereocenters. The van der Waals surface area contributed by atoms with Crippen LogP contribution in [0.2, 0.25) is 0 Å². The maximum atomic E-state index is 12.8. The van der Waals surface area contributed by atoms with E-state index in [0.717, 1.165) is 5.56 Å². The smallest absolute Gasteiger partial charge is 0.250 e. The molecule has 13 nitrogen and oxygen atoms in total. The summed E-state index contributed by atoms with van der Waals surface area (Å²) in [4.78, 5) is 22.8. The number of hydrogen-bond acceptors (Lipinski definition) is 12. The Morgan fingerprint density at radius 1 is 0.889 bits per heavy atom. The molecule has 3 heterocycles. The number of nitrogens with two attached hydrogens (primary N) is 2.